The highest BCUT2D eigenvalue weighted by molar-refractivity contribution is 5.97. The first-order valence-corrected chi connectivity index (χ1v) is 19.5. The van der Waals surface area contributed by atoms with Gasteiger partial charge in [0.1, 0.15) is 0 Å². The Morgan fingerprint density at radius 2 is 1.74 bits per heavy atom. The summed E-state index contributed by atoms with van der Waals surface area (Å²) in [4.78, 5) is 21.3. The Morgan fingerprint density at radius 3 is 2.60 bits per heavy atom. The average Bonchev–Trinajstić information content (AvgIpc) is 3.98. The lowest BCUT2D eigenvalue weighted by Gasteiger charge is -2.46. The zero-order valence-corrected chi connectivity index (χ0v) is 29.4. The van der Waals surface area contributed by atoms with Crippen LogP contribution in [0.2, 0.25) is 0 Å². The number of dihydropyridines is 1. The molecule has 0 aromatic heterocycles. The molecule has 6 aliphatic carbocycles. The molecule has 2 fully saturated rings. The molecule has 3 N–H and O–H groups in total. The second-order valence-corrected chi connectivity index (χ2v) is 15.9. The van der Waals surface area contributed by atoms with Crippen molar-refractivity contribution >= 4 is 11.7 Å². The Morgan fingerprint density at radius 1 is 0.920 bits per heavy atom. The van der Waals surface area contributed by atoms with Gasteiger partial charge in [0.15, 0.2) is 6.61 Å². The number of nitrogens with zero attached hydrogens (tertiary/aromatic N) is 1. The van der Waals surface area contributed by atoms with Crippen LogP contribution in [0, 0.1) is 23.2 Å². The third kappa shape index (κ3) is 7.74. The van der Waals surface area contributed by atoms with Crippen molar-refractivity contribution < 1.29 is 24.2 Å². The number of hydrogen-bond acceptors (Lipinski definition) is 7. The number of carbonyl (C=O) groups is 1. The molecule has 0 aromatic rings. The number of hydroxylamine groups is 1. The minimum atomic E-state index is -0.950. The molecular formula is C42H55N3O5. The molecule has 2 heterocycles. The van der Waals surface area contributed by atoms with Crippen LogP contribution in [0.4, 0.5) is 0 Å². The van der Waals surface area contributed by atoms with E-state index >= 15 is 0 Å². The van der Waals surface area contributed by atoms with E-state index in [2.05, 4.69) is 71.6 Å². The molecule has 2 saturated carbocycles. The monoisotopic (exact) mass is 681 g/mol. The Bertz CT molecular complexity index is 1520. The maximum absolute atomic E-state index is 11.0. The standard InChI is InChI=1S/C42H55N3O5/c46-40(47)27-50-45-33-20-22-42(23-21-33,32-13-18-37(19-14-32)49-25-34-15-10-28-4-1-2-7-39(28)43-34)31-5-3-6-36(17-12-31)48-26-35-16-11-29-8-9-30-24-38(30)41(29)44-35/h1-2,4-5,8-10,13,15-16,29-30,33,36-39,41,44-45H,3,6-7,11-12,14,17-27H2,(H,46,47). The molecule has 268 valence electrons. The fourth-order valence-electron chi connectivity index (χ4n) is 9.85. The fourth-order valence-corrected chi connectivity index (χ4v) is 9.85. The first kappa shape index (κ1) is 34.1. The van der Waals surface area contributed by atoms with Crippen LogP contribution in [-0.4, -0.2) is 66.9 Å². The fraction of sp³-hybridized carbons (Fsp3) is 0.619. The lowest BCUT2D eigenvalue weighted by Crippen LogP contribution is -2.42. The molecule has 8 heteroatoms. The normalized spacial score (nSPS) is 37.4. The molecule has 7 atom stereocenters. The van der Waals surface area contributed by atoms with Gasteiger partial charge in [-0.2, -0.15) is 5.48 Å². The van der Waals surface area contributed by atoms with E-state index in [1.54, 1.807) is 11.1 Å². The molecule has 0 saturated heterocycles. The van der Waals surface area contributed by atoms with Crippen LogP contribution in [0.5, 0.6) is 0 Å². The largest absolute Gasteiger partial charge is 0.479 e. The van der Waals surface area contributed by atoms with Crippen molar-refractivity contribution in [2.24, 2.45) is 28.2 Å². The van der Waals surface area contributed by atoms with Crippen molar-refractivity contribution in [1.29, 1.82) is 0 Å². The molecular weight excluding hydrogens is 626 g/mol. The topological polar surface area (TPSA) is 101 Å². The van der Waals surface area contributed by atoms with Crippen LogP contribution in [0.25, 0.3) is 0 Å². The van der Waals surface area contributed by atoms with Gasteiger partial charge < -0.3 is 19.9 Å². The molecule has 0 amide bonds. The van der Waals surface area contributed by atoms with E-state index in [0.717, 1.165) is 101 Å². The molecule has 2 aliphatic heterocycles. The number of hydrogen-bond donors (Lipinski definition) is 3. The number of aliphatic carboxylic acids is 1. The number of ether oxygens (including phenoxy) is 2. The number of nitrogens with one attached hydrogen (secondary N) is 2. The number of carboxylic acids is 1. The Balaban J connectivity index is 0.884. The molecule has 50 heavy (non-hydrogen) atoms. The lowest BCUT2D eigenvalue weighted by atomic mass is 9.60. The van der Waals surface area contributed by atoms with Crippen LogP contribution < -0.4 is 10.8 Å². The van der Waals surface area contributed by atoms with Crippen molar-refractivity contribution in [3.05, 3.63) is 83.2 Å². The van der Waals surface area contributed by atoms with Gasteiger partial charge in [0.25, 0.3) is 0 Å². The van der Waals surface area contributed by atoms with Crippen LogP contribution in [0.1, 0.15) is 89.9 Å². The van der Waals surface area contributed by atoms with E-state index in [4.69, 9.17) is 24.4 Å². The van der Waals surface area contributed by atoms with E-state index in [-0.39, 0.29) is 36.3 Å². The highest BCUT2D eigenvalue weighted by Crippen LogP contribution is 2.53. The van der Waals surface area contributed by atoms with Crippen molar-refractivity contribution in [2.45, 2.75) is 120 Å². The molecule has 0 radical (unpaired) electrons. The number of aliphatic imine (C=N–C) groups is 1. The first-order valence-electron chi connectivity index (χ1n) is 19.5. The summed E-state index contributed by atoms with van der Waals surface area (Å²) in [6, 6.07) is 1.01. The van der Waals surface area contributed by atoms with Crippen molar-refractivity contribution in [1.82, 2.24) is 10.8 Å². The van der Waals surface area contributed by atoms with Gasteiger partial charge in [-0.3, -0.25) is 9.83 Å². The summed E-state index contributed by atoms with van der Waals surface area (Å²) >= 11 is 0. The molecule has 8 nitrogen and oxygen atoms in total. The SMILES string of the molecule is O=C(O)CONC1CCC(C2=CCC(OCC3=NC4CC=CC=C4C=C3)CC2)(C2=CCCC(OCC3=CCC4C=CC5CC5C4N3)CC2)CC1. The smallest absolute Gasteiger partial charge is 0.331 e. The molecule has 8 rings (SSSR count). The van der Waals surface area contributed by atoms with Crippen LogP contribution in [0.15, 0.2) is 88.2 Å². The highest BCUT2D eigenvalue weighted by atomic mass is 16.7. The quantitative estimate of drug-likeness (QED) is 0.148. The first-order chi connectivity index (χ1) is 24.5. The van der Waals surface area contributed by atoms with Crippen LogP contribution >= 0.6 is 0 Å². The Hall–Kier alpha value is -3.04. The van der Waals surface area contributed by atoms with Crippen molar-refractivity contribution in [2.75, 3.05) is 19.8 Å². The van der Waals surface area contributed by atoms with Crippen molar-refractivity contribution in [3.63, 3.8) is 0 Å². The summed E-state index contributed by atoms with van der Waals surface area (Å²) in [5.41, 5.74) is 9.92. The van der Waals surface area contributed by atoms with Crippen LogP contribution in [0.3, 0.4) is 0 Å². The summed E-state index contributed by atoms with van der Waals surface area (Å²) in [6.45, 7) is 0.957. The van der Waals surface area contributed by atoms with E-state index in [1.807, 2.05) is 0 Å². The van der Waals surface area contributed by atoms with E-state index < -0.39 is 5.97 Å². The predicted octanol–water partition coefficient (Wildman–Crippen LogP) is 7.24. The van der Waals surface area contributed by atoms with E-state index in [1.165, 1.54) is 17.7 Å². The minimum Gasteiger partial charge on any atom is -0.479 e. The number of allylic oxidation sites excluding steroid dienone is 7. The highest BCUT2D eigenvalue weighted by Gasteiger charge is 2.47. The molecule has 8 aliphatic rings. The average molecular weight is 682 g/mol. The van der Waals surface area contributed by atoms with Gasteiger partial charge in [-0.05, 0) is 113 Å². The number of rotatable bonds is 12. The van der Waals surface area contributed by atoms with Crippen LogP contribution in [-0.2, 0) is 19.1 Å². The summed E-state index contributed by atoms with van der Waals surface area (Å²) in [7, 11) is 0. The van der Waals surface area contributed by atoms with Crippen molar-refractivity contribution in [3.8, 4) is 0 Å². The maximum atomic E-state index is 11.0. The Labute approximate surface area is 297 Å². The zero-order valence-electron chi connectivity index (χ0n) is 29.4. The minimum absolute atomic E-state index is 0.0516. The third-order valence-corrected chi connectivity index (χ3v) is 12.8. The molecule has 0 spiro atoms. The predicted molar refractivity (Wildman–Crippen MR) is 195 cm³/mol. The van der Waals surface area contributed by atoms with E-state index in [0.29, 0.717) is 25.2 Å². The van der Waals surface area contributed by atoms with Gasteiger partial charge in [-0.15, -0.1) is 0 Å². The van der Waals surface area contributed by atoms with Gasteiger partial charge in [-0.25, -0.2) is 4.79 Å². The molecule has 0 bridgehead atoms. The van der Waals surface area contributed by atoms with Gasteiger partial charge in [0.2, 0.25) is 0 Å². The third-order valence-electron chi connectivity index (χ3n) is 12.8. The summed E-state index contributed by atoms with van der Waals surface area (Å²) in [5.74, 6) is 1.33. The second kappa shape index (κ2) is 15.3. The van der Waals surface area contributed by atoms with Gasteiger partial charge in [0, 0.05) is 29.1 Å². The number of carboxylic acid groups (broad SMARTS) is 1. The summed E-state index contributed by atoms with van der Waals surface area (Å²) < 4.78 is 13.1. The molecule has 0 aromatic carbocycles. The van der Waals surface area contributed by atoms with Gasteiger partial charge >= 0.3 is 5.97 Å². The number of fused-ring (bicyclic) bond motifs is 4. The maximum Gasteiger partial charge on any atom is 0.331 e. The molecule has 7 unspecified atom stereocenters. The van der Waals surface area contributed by atoms with Gasteiger partial charge in [-0.1, -0.05) is 65.8 Å². The zero-order chi connectivity index (χ0) is 33.9. The van der Waals surface area contributed by atoms with Gasteiger partial charge in [0.05, 0.1) is 37.2 Å². The lowest BCUT2D eigenvalue weighted by molar-refractivity contribution is -0.146. The van der Waals surface area contributed by atoms with E-state index in [9.17, 15) is 4.79 Å². The summed E-state index contributed by atoms with van der Waals surface area (Å²) in [6.07, 6.45) is 38.4. The summed E-state index contributed by atoms with van der Waals surface area (Å²) in [5, 5.41) is 12.9. The second-order valence-electron chi connectivity index (χ2n) is 15.9. The Kier molecular flexibility index (Phi) is 10.4.